The Morgan fingerprint density at radius 3 is 2.60 bits per heavy atom. The van der Waals surface area contributed by atoms with Crippen LogP contribution >= 0.6 is 0 Å². The molecule has 0 bridgehead atoms. The maximum Gasteiger partial charge on any atom is 0.572 e. The van der Waals surface area contributed by atoms with Crippen LogP contribution in [0.4, 0.5) is 13.2 Å². The first kappa shape index (κ1) is 7.40. The molecule has 1 heterocycles. The van der Waals surface area contributed by atoms with Gasteiger partial charge in [-0.05, 0) is 6.08 Å². The van der Waals surface area contributed by atoms with E-state index in [1.165, 1.54) is 12.6 Å². The first-order chi connectivity index (χ1) is 4.58. The van der Waals surface area contributed by atoms with E-state index in [-0.39, 0.29) is 12.3 Å². The summed E-state index contributed by atoms with van der Waals surface area (Å²) in [5.74, 6) is -0.104. The fourth-order valence-corrected chi connectivity index (χ4v) is 0.589. The van der Waals surface area contributed by atoms with Gasteiger partial charge in [0.1, 0.15) is 5.76 Å². The molecular formula is C5H5F3NO. The number of alkyl halides is 3. The molecule has 0 saturated carbocycles. The van der Waals surface area contributed by atoms with Gasteiger partial charge in [0.2, 0.25) is 0 Å². The Labute approximate surface area is 55.7 Å². The van der Waals surface area contributed by atoms with Gasteiger partial charge in [0.15, 0.2) is 0 Å². The van der Waals surface area contributed by atoms with E-state index in [0.717, 1.165) is 0 Å². The maximum absolute atomic E-state index is 11.4. The lowest BCUT2D eigenvalue weighted by atomic mass is 10.5. The highest BCUT2D eigenvalue weighted by Crippen LogP contribution is 2.21. The van der Waals surface area contributed by atoms with Crippen LogP contribution in [0.25, 0.3) is 0 Å². The van der Waals surface area contributed by atoms with Gasteiger partial charge in [-0.2, -0.15) is 0 Å². The minimum Gasteiger partial charge on any atom is -0.409 e. The molecule has 0 unspecified atom stereocenters. The summed E-state index contributed by atoms with van der Waals surface area (Å²) in [4.78, 5) is 0. The number of nitrogens with one attached hydrogen (secondary N) is 1. The average molecular weight is 152 g/mol. The molecule has 0 amide bonds. The number of hydrogen-bond acceptors (Lipinski definition) is 2. The maximum atomic E-state index is 11.4. The zero-order chi connectivity index (χ0) is 7.61. The number of ether oxygens (including phenoxy) is 1. The van der Waals surface area contributed by atoms with E-state index in [1.807, 2.05) is 0 Å². The second-order valence-corrected chi connectivity index (χ2v) is 1.73. The van der Waals surface area contributed by atoms with E-state index in [9.17, 15) is 13.2 Å². The second kappa shape index (κ2) is 2.49. The van der Waals surface area contributed by atoms with Gasteiger partial charge in [-0.15, -0.1) is 13.2 Å². The predicted octanol–water partition coefficient (Wildman–Crippen LogP) is 1.17. The normalized spacial score (nSPS) is 18.9. The van der Waals surface area contributed by atoms with E-state index in [0.29, 0.717) is 0 Å². The minimum atomic E-state index is -4.56. The van der Waals surface area contributed by atoms with Crippen molar-refractivity contribution in [3.8, 4) is 0 Å². The monoisotopic (exact) mass is 152 g/mol. The zero-order valence-electron chi connectivity index (χ0n) is 4.90. The summed E-state index contributed by atoms with van der Waals surface area (Å²) < 4.78 is 37.8. The van der Waals surface area contributed by atoms with E-state index in [1.54, 1.807) is 0 Å². The minimum absolute atomic E-state index is 0.104. The first-order valence-corrected chi connectivity index (χ1v) is 2.59. The molecule has 1 N–H and O–H groups in total. The Morgan fingerprint density at radius 1 is 1.50 bits per heavy atom. The Balaban J connectivity index is 2.38. The summed E-state index contributed by atoms with van der Waals surface area (Å²) in [6.45, 7) is 1.51. The van der Waals surface area contributed by atoms with Crippen LogP contribution in [0.5, 0.6) is 0 Å². The Hall–Kier alpha value is -0.710. The van der Waals surface area contributed by atoms with Crippen LogP contribution in [0, 0.1) is 6.54 Å². The molecule has 0 aliphatic carbocycles. The third-order valence-corrected chi connectivity index (χ3v) is 0.910. The highest BCUT2D eigenvalue weighted by atomic mass is 19.4. The van der Waals surface area contributed by atoms with Crippen molar-refractivity contribution < 1.29 is 17.9 Å². The zero-order valence-corrected chi connectivity index (χ0v) is 4.90. The molecule has 1 aliphatic heterocycles. The van der Waals surface area contributed by atoms with Gasteiger partial charge < -0.3 is 10.1 Å². The van der Waals surface area contributed by atoms with Crippen molar-refractivity contribution in [2.45, 2.75) is 6.36 Å². The Kier molecular flexibility index (Phi) is 1.85. The van der Waals surface area contributed by atoms with E-state index < -0.39 is 6.36 Å². The molecule has 0 saturated heterocycles. The van der Waals surface area contributed by atoms with Crippen molar-refractivity contribution in [2.24, 2.45) is 0 Å². The Bertz CT molecular complexity index is 151. The molecule has 1 aliphatic rings. The summed E-state index contributed by atoms with van der Waals surface area (Å²) in [5, 5.41) is 2.55. The molecule has 0 atom stereocenters. The summed E-state index contributed by atoms with van der Waals surface area (Å²) >= 11 is 0. The van der Waals surface area contributed by atoms with Crippen LogP contribution in [-0.2, 0) is 4.74 Å². The third kappa shape index (κ3) is 2.26. The van der Waals surface area contributed by atoms with Gasteiger partial charge in [-0.1, -0.05) is 0 Å². The highest BCUT2D eigenvalue weighted by molar-refractivity contribution is 5.10. The molecule has 0 aromatic rings. The van der Waals surface area contributed by atoms with Crippen molar-refractivity contribution in [3.05, 3.63) is 18.4 Å². The highest BCUT2D eigenvalue weighted by Gasteiger charge is 2.32. The molecule has 5 heteroatoms. The van der Waals surface area contributed by atoms with Crippen LogP contribution < -0.4 is 5.32 Å². The number of halogens is 3. The molecule has 0 fully saturated rings. The van der Waals surface area contributed by atoms with Gasteiger partial charge in [0.25, 0.3) is 0 Å². The summed E-state index contributed by atoms with van der Waals surface area (Å²) in [7, 11) is 0. The predicted molar refractivity (Wildman–Crippen MR) is 27.5 cm³/mol. The van der Waals surface area contributed by atoms with Crippen LogP contribution in [0.2, 0.25) is 0 Å². The quantitative estimate of drug-likeness (QED) is 0.609. The summed E-state index contributed by atoms with van der Waals surface area (Å²) in [5.41, 5.74) is 0. The van der Waals surface area contributed by atoms with Crippen LogP contribution in [0.1, 0.15) is 0 Å². The van der Waals surface area contributed by atoms with Crippen molar-refractivity contribution in [1.82, 2.24) is 5.32 Å². The van der Waals surface area contributed by atoms with Crippen molar-refractivity contribution >= 4 is 0 Å². The van der Waals surface area contributed by atoms with E-state index in [4.69, 9.17) is 0 Å². The molecule has 0 spiro atoms. The molecule has 1 radical (unpaired) electrons. The van der Waals surface area contributed by atoms with Crippen LogP contribution in [-0.4, -0.2) is 12.9 Å². The van der Waals surface area contributed by atoms with E-state index >= 15 is 0 Å². The molecule has 57 valence electrons. The molecule has 1 rings (SSSR count). The van der Waals surface area contributed by atoms with Gasteiger partial charge >= 0.3 is 6.36 Å². The van der Waals surface area contributed by atoms with Gasteiger partial charge in [0.05, 0.1) is 6.54 Å². The standard InChI is InChI=1S/C5H5F3NO/c6-5(7,8)10-4-1-2-9-3-4/h1-2,9H,3H2. The molecular weight excluding hydrogens is 147 g/mol. The largest absolute Gasteiger partial charge is 0.572 e. The van der Waals surface area contributed by atoms with Crippen LogP contribution in [0.15, 0.2) is 11.8 Å². The lowest BCUT2D eigenvalue weighted by molar-refractivity contribution is -0.305. The third-order valence-electron chi connectivity index (χ3n) is 0.910. The van der Waals surface area contributed by atoms with Gasteiger partial charge in [-0.3, -0.25) is 0 Å². The van der Waals surface area contributed by atoms with Crippen molar-refractivity contribution in [3.63, 3.8) is 0 Å². The van der Waals surface area contributed by atoms with Crippen molar-refractivity contribution in [2.75, 3.05) is 6.54 Å². The summed E-state index contributed by atoms with van der Waals surface area (Å²) in [6.07, 6.45) is -3.32. The lowest BCUT2D eigenvalue weighted by Gasteiger charge is -2.07. The smallest absolute Gasteiger partial charge is 0.409 e. The number of hydrogen-bond donors (Lipinski definition) is 1. The molecule has 2 nitrogen and oxygen atoms in total. The fourth-order valence-electron chi connectivity index (χ4n) is 0.589. The topological polar surface area (TPSA) is 21.3 Å². The molecule has 0 aromatic heterocycles. The average Bonchev–Trinajstić information content (AvgIpc) is 2.12. The summed E-state index contributed by atoms with van der Waals surface area (Å²) in [6, 6.07) is 0. The fraction of sp³-hybridized carbons (Fsp3) is 0.400. The van der Waals surface area contributed by atoms with Crippen molar-refractivity contribution in [1.29, 1.82) is 0 Å². The van der Waals surface area contributed by atoms with Gasteiger partial charge in [0, 0.05) is 6.54 Å². The second-order valence-electron chi connectivity index (χ2n) is 1.73. The first-order valence-electron chi connectivity index (χ1n) is 2.59. The lowest BCUT2D eigenvalue weighted by Crippen LogP contribution is -2.16. The number of rotatable bonds is 1. The van der Waals surface area contributed by atoms with Gasteiger partial charge in [-0.25, -0.2) is 0 Å². The van der Waals surface area contributed by atoms with Crippen LogP contribution in [0.3, 0.4) is 0 Å². The molecule has 10 heavy (non-hydrogen) atoms. The van der Waals surface area contributed by atoms with E-state index in [2.05, 4.69) is 10.1 Å². The SMILES string of the molecule is FC(F)(F)OC1=C[CH]NC1. The molecule has 0 aromatic carbocycles. The Morgan fingerprint density at radius 2 is 2.20 bits per heavy atom.